The molecule has 0 unspecified atom stereocenters. The normalized spacial score (nSPS) is 11.0. The van der Waals surface area contributed by atoms with Crippen LogP contribution in [0.1, 0.15) is 23.9 Å². The molecule has 7 heteroatoms. The average Bonchev–Trinajstić information content (AvgIpc) is 2.97. The fraction of sp³-hybridized carbons (Fsp3) is 0.333. The minimum absolute atomic E-state index is 0. The van der Waals surface area contributed by atoms with Crippen LogP contribution in [0.5, 0.6) is 0 Å². The summed E-state index contributed by atoms with van der Waals surface area (Å²) in [6.07, 6.45) is 0.837. The Labute approximate surface area is 146 Å². The van der Waals surface area contributed by atoms with Crippen LogP contribution in [-0.2, 0) is 19.5 Å². The van der Waals surface area contributed by atoms with E-state index in [1.165, 1.54) is 6.07 Å². The second-order valence-corrected chi connectivity index (χ2v) is 4.51. The molecule has 0 spiro atoms. The minimum Gasteiger partial charge on any atom is -0.359 e. The largest absolute Gasteiger partial charge is 0.359 e. The second-order valence-electron chi connectivity index (χ2n) is 4.51. The van der Waals surface area contributed by atoms with Crippen LogP contribution in [0.2, 0.25) is 0 Å². The molecule has 0 saturated carbocycles. The monoisotopic (exact) mass is 418 g/mol. The summed E-state index contributed by atoms with van der Waals surface area (Å²) in [5, 5.41) is 10.1. The predicted molar refractivity (Wildman–Crippen MR) is 94.7 cm³/mol. The van der Waals surface area contributed by atoms with Crippen molar-refractivity contribution in [1.82, 2.24) is 15.8 Å². The molecule has 22 heavy (non-hydrogen) atoms. The fourth-order valence-electron chi connectivity index (χ4n) is 1.82. The molecule has 120 valence electrons. The van der Waals surface area contributed by atoms with Crippen molar-refractivity contribution in [3.8, 4) is 0 Å². The SMILES string of the molecule is CCc1cc(CNC(=NC)NCc2ccccc2F)on1.I. The van der Waals surface area contributed by atoms with E-state index in [-0.39, 0.29) is 29.8 Å². The van der Waals surface area contributed by atoms with Gasteiger partial charge in [-0.3, -0.25) is 4.99 Å². The molecule has 0 aliphatic carbocycles. The molecule has 0 bridgehead atoms. The molecule has 2 N–H and O–H groups in total. The first-order valence-electron chi connectivity index (χ1n) is 6.85. The van der Waals surface area contributed by atoms with E-state index in [1.54, 1.807) is 25.2 Å². The van der Waals surface area contributed by atoms with Crippen molar-refractivity contribution in [3.63, 3.8) is 0 Å². The van der Waals surface area contributed by atoms with E-state index in [2.05, 4.69) is 20.8 Å². The molecule has 0 fully saturated rings. The Bertz CT molecular complexity index is 615. The summed E-state index contributed by atoms with van der Waals surface area (Å²) in [4.78, 5) is 4.08. The van der Waals surface area contributed by atoms with Crippen LogP contribution in [0.3, 0.4) is 0 Å². The highest BCUT2D eigenvalue weighted by Crippen LogP contribution is 2.06. The number of nitrogens with zero attached hydrogens (tertiary/aromatic N) is 2. The Hall–Kier alpha value is -1.64. The van der Waals surface area contributed by atoms with Crippen molar-refractivity contribution in [2.24, 2.45) is 4.99 Å². The summed E-state index contributed by atoms with van der Waals surface area (Å²) in [6, 6.07) is 8.54. The molecular weight excluding hydrogens is 398 g/mol. The van der Waals surface area contributed by atoms with Gasteiger partial charge >= 0.3 is 0 Å². The molecule has 5 nitrogen and oxygen atoms in total. The second kappa shape index (κ2) is 9.39. The highest BCUT2D eigenvalue weighted by Gasteiger charge is 2.05. The Balaban J connectivity index is 0.00000242. The Kier molecular flexibility index (Phi) is 7.86. The molecule has 2 aromatic rings. The number of aliphatic imine (C=N–C) groups is 1. The van der Waals surface area contributed by atoms with Crippen LogP contribution in [-0.4, -0.2) is 18.2 Å². The van der Waals surface area contributed by atoms with Gasteiger partial charge in [-0.2, -0.15) is 0 Å². The number of rotatable bonds is 5. The number of guanidine groups is 1. The predicted octanol–water partition coefficient (Wildman–Crippen LogP) is 2.86. The number of aryl methyl sites for hydroxylation is 1. The highest BCUT2D eigenvalue weighted by molar-refractivity contribution is 14.0. The van der Waals surface area contributed by atoms with Gasteiger partial charge in [-0.1, -0.05) is 30.3 Å². The van der Waals surface area contributed by atoms with Crippen molar-refractivity contribution in [2.75, 3.05) is 7.05 Å². The van der Waals surface area contributed by atoms with E-state index in [9.17, 15) is 4.39 Å². The van der Waals surface area contributed by atoms with E-state index in [4.69, 9.17) is 4.52 Å². The Morgan fingerprint density at radius 2 is 2.00 bits per heavy atom. The van der Waals surface area contributed by atoms with E-state index >= 15 is 0 Å². The third-order valence-electron chi connectivity index (χ3n) is 3.03. The first kappa shape index (κ1) is 18.4. The Morgan fingerprint density at radius 1 is 1.27 bits per heavy atom. The van der Waals surface area contributed by atoms with Crippen molar-refractivity contribution in [3.05, 3.63) is 53.2 Å². The number of aromatic nitrogens is 1. The number of nitrogens with one attached hydrogen (secondary N) is 2. The highest BCUT2D eigenvalue weighted by atomic mass is 127. The zero-order chi connectivity index (χ0) is 15.1. The summed E-state index contributed by atoms with van der Waals surface area (Å²) in [6.45, 7) is 2.86. The van der Waals surface area contributed by atoms with Gasteiger partial charge in [0, 0.05) is 25.2 Å². The maximum Gasteiger partial charge on any atom is 0.191 e. The molecule has 2 rings (SSSR count). The number of hydrogen-bond acceptors (Lipinski definition) is 3. The van der Waals surface area contributed by atoms with Gasteiger partial charge in [0.2, 0.25) is 0 Å². The zero-order valence-electron chi connectivity index (χ0n) is 12.6. The lowest BCUT2D eigenvalue weighted by atomic mass is 10.2. The van der Waals surface area contributed by atoms with Crippen LogP contribution >= 0.6 is 24.0 Å². The molecule has 0 saturated heterocycles. The van der Waals surface area contributed by atoms with Crippen LogP contribution in [0.15, 0.2) is 39.8 Å². The molecule has 1 aromatic carbocycles. The van der Waals surface area contributed by atoms with E-state index < -0.39 is 0 Å². The van der Waals surface area contributed by atoms with Crippen molar-refractivity contribution < 1.29 is 8.91 Å². The summed E-state index contributed by atoms with van der Waals surface area (Å²) in [7, 11) is 1.66. The van der Waals surface area contributed by atoms with Gasteiger partial charge in [0.1, 0.15) is 5.82 Å². The quantitative estimate of drug-likeness (QED) is 0.446. The smallest absolute Gasteiger partial charge is 0.191 e. The number of halogens is 2. The average molecular weight is 418 g/mol. The molecule has 0 aliphatic heterocycles. The van der Waals surface area contributed by atoms with Crippen LogP contribution in [0.4, 0.5) is 4.39 Å². The van der Waals surface area contributed by atoms with Crippen molar-refractivity contribution in [2.45, 2.75) is 26.4 Å². The van der Waals surface area contributed by atoms with E-state index in [0.717, 1.165) is 17.9 Å². The molecule has 0 aliphatic rings. The standard InChI is InChI=1S/C15H19FN4O.HI/c1-3-12-8-13(21-20-12)10-19-15(17-2)18-9-11-6-4-5-7-14(11)16;/h4-8H,3,9-10H2,1-2H3,(H2,17,18,19);1H. The Morgan fingerprint density at radius 3 is 2.64 bits per heavy atom. The fourth-order valence-corrected chi connectivity index (χ4v) is 1.82. The summed E-state index contributed by atoms with van der Waals surface area (Å²) in [5.41, 5.74) is 1.51. The van der Waals surface area contributed by atoms with Gasteiger partial charge < -0.3 is 15.2 Å². The summed E-state index contributed by atoms with van der Waals surface area (Å²) < 4.78 is 18.7. The maximum absolute atomic E-state index is 13.5. The van der Waals surface area contributed by atoms with Gasteiger partial charge in [-0.25, -0.2) is 4.39 Å². The third kappa shape index (κ3) is 5.28. The van der Waals surface area contributed by atoms with Gasteiger partial charge in [-0.15, -0.1) is 24.0 Å². The lowest BCUT2D eigenvalue weighted by Crippen LogP contribution is -2.36. The molecule has 0 atom stereocenters. The van der Waals surface area contributed by atoms with Crippen LogP contribution in [0.25, 0.3) is 0 Å². The van der Waals surface area contributed by atoms with Crippen molar-refractivity contribution in [1.29, 1.82) is 0 Å². The van der Waals surface area contributed by atoms with Crippen molar-refractivity contribution >= 4 is 29.9 Å². The lowest BCUT2D eigenvalue weighted by molar-refractivity contribution is 0.374. The van der Waals surface area contributed by atoms with Gasteiger partial charge in [0.25, 0.3) is 0 Å². The molecule has 0 amide bonds. The first-order chi connectivity index (χ1) is 10.2. The molecule has 0 radical (unpaired) electrons. The van der Waals surface area contributed by atoms with E-state index in [0.29, 0.717) is 24.6 Å². The summed E-state index contributed by atoms with van der Waals surface area (Å²) in [5.74, 6) is 1.08. The maximum atomic E-state index is 13.5. The minimum atomic E-state index is -0.233. The molecule has 1 aromatic heterocycles. The first-order valence-corrected chi connectivity index (χ1v) is 6.85. The van der Waals surface area contributed by atoms with Crippen LogP contribution in [0, 0.1) is 5.82 Å². The summed E-state index contributed by atoms with van der Waals surface area (Å²) >= 11 is 0. The van der Waals surface area contributed by atoms with Gasteiger partial charge in [0.15, 0.2) is 11.7 Å². The number of benzene rings is 1. The topological polar surface area (TPSA) is 62.5 Å². The molecular formula is C15H20FIN4O. The van der Waals surface area contributed by atoms with Gasteiger partial charge in [0.05, 0.1) is 12.2 Å². The third-order valence-corrected chi connectivity index (χ3v) is 3.03. The molecule has 1 heterocycles. The number of hydrogen-bond donors (Lipinski definition) is 2. The van der Waals surface area contributed by atoms with E-state index in [1.807, 2.05) is 13.0 Å². The zero-order valence-corrected chi connectivity index (χ0v) is 14.9. The van der Waals surface area contributed by atoms with Crippen LogP contribution < -0.4 is 10.6 Å². The van der Waals surface area contributed by atoms with Gasteiger partial charge in [-0.05, 0) is 12.5 Å². The lowest BCUT2D eigenvalue weighted by Gasteiger charge is -2.11.